The topological polar surface area (TPSA) is 108 Å². The van der Waals surface area contributed by atoms with Gasteiger partial charge >= 0.3 is 12.0 Å². The number of nitrogens with zero attached hydrogens (tertiary/aromatic N) is 4. The van der Waals surface area contributed by atoms with Gasteiger partial charge in [-0.05, 0) is 30.7 Å². The van der Waals surface area contributed by atoms with Crippen molar-refractivity contribution in [3.63, 3.8) is 0 Å². The molecule has 5 rings (SSSR count). The summed E-state index contributed by atoms with van der Waals surface area (Å²) in [6, 6.07) is 17.2. The second-order valence-electron chi connectivity index (χ2n) is 8.55. The van der Waals surface area contributed by atoms with Crippen LogP contribution in [0.2, 0.25) is 0 Å². The Morgan fingerprint density at radius 3 is 2.39 bits per heavy atom. The van der Waals surface area contributed by atoms with Crippen molar-refractivity contribution in [2.24, 2.45) is 5.92 Å². The maximum atomic E-state index is 14.5. The molecule has 4 aromatic rings. The summed E-state index contributed by atoms with van der Waals surface area (Å²) in [5, 5.41) is 2.61. The van der Waals surface area contributed by atoms with Crippen molar-refractivity contribution in [2.45, 2.75) is 38.7 Å². The van der Waals surface area contributed by atoms with Crippen LogP contribution in [0.1, 0.15) is 47.2 Å². The van der Waals surface area contributed by atoms with Gasteiger partial charge in [0.1, 0.15) is 0 Å². The predicted octanol–water partition coefficient (Wildman–Crippen LogP) is 4.39. The van der Waals surface area contributed by atoms with Gasteiger partial charge in [-0.3, -0.25) is 9.36 Å². The molecule has 3 heterocycles. The smallest absolute Gasteiger partial charge is 0.338 e. The molecule has 10 heteroatoms. The van der Waals surface area contributed by atoms with Crippen molar-refractivity contribution in [2.75, 3.05) is 5.32 Å². The molecule has 36 heavy (non-hydrogen) atoms. The largest absolute Gasteiger partial charge is 0.454 e. The number of anilines is 1. The SMILES string of the molecule is CC[C@H]1O[C@@H](n2cnc3c(NC(=O)c4ccccc4)nc(F)nc32)[C@H](OC(=O)c2ccccc2)[C@@H]1C. The number of ether oxygens (including phenoxy) is 2. The number of hydrogen-bond donors (Lipinski definition) is 1. The van der Waals surface area contributed by atoms with Crippen LogP contribution in [0.15, 0.2) is 67.0 Å². The average molecular weight is 490 g/mol. The summed E-state index contributed by atoms with van der Waals surface area (Å²) in [6.07, 6.45) is -0.607. The van der Waals surface area contributed by atoms with E-state index in [0.717, 1.165) is 0 Å². The molecule has 0 spiro atoms. The third-order valence-electron chi connectivity index (χ3n) is 6.29. The van der Waals surface area contributed by atoms with Gasteiger partial charge in [0.25, 0.3) is 5.91 Å². The van der Waals surface area contributed by atoms with Crippen molar-refractivity contribution < 1.29 is 23.5 Å². The van der Waals surface area contributed by atoms with Crippen molar-refractivity contribution in [1.82, 2.24) is 19.5 Å². The molecule has 184 valence electrons. The lowest BCUT2D eigenvalue weighted by atomic mass is 9.98. The van der Waals surface area contributed by atoms with Crippen LogP contribution in [0.3, 0.4) is 0 Å². The van der Waals surface area contributed by atoms with E-state index in [9.17, 15) is 14.0 Å². The van der Waals surface area contributed by atoms with Gasteiger partial charge in [0.05, 0.1) is 18.0 Å². The maximum Gasteiger partial charge on any atom is 0.338 e. The van der Waals surface area contributed by atoms with Gasteiger partial charge in [0.15, 0.2) is 29.3 Å². The number of carbonyl (C=O) groups excluding carboxylic acids is 2. The highest BCUT2D eigenvalue weighted by molar-refractivity contribution is 6.06. The highest BCUT2D eigenvalue weighted by Gasteiger charge is 2.45. The number of nitrogens with one attached hydrogen (secondary N) is 1. The van der Waals surface area contributed by atoms with E-state index in [1.54, 1.807) is 54.6 Å². The number of amides is 1. The Hall–Kier alpha value is -4.18. The lowest BCUT2D eigenvalue weighted by molar-refractivity contribution is -0.0469. The van der Waals surface area contributed by atoms with E-state index in [0.29, 0.717) is 17.5 Å². The first-order valence-electron chi connectivity index (χ1n) is 11.6. The first-order valence-corrected chi connectivity index (χ1v) is 11.6. The summed E-state index contributed by atoms with van der Waals surface area (Å²) in [6.45, 7) is 3.92. The summed E-state index contributed by atoms with van der Waals surface area (Å²) in [5.74, 6) is -1.16. The Morgan fingerprint density at radius 2 is 1.72 bits per heavy atom. The molecule has 1 N–H and O–H groups in total. The minimum Gasteiger partial charge on any atom is -0.454 e. The van der Waals surface area contributed by atoms with Gasteiger partial charge in [-0.15, -0.1) is 0 Å². The highest BCUT2D eigenvalue weighted by Crippen LogP contribution is 2.39. The molecular formula is C26H24FN5O4. The van der Waals surface area contributed by atoms with E-state index in [4.69, 9.17) is 9.47 Å². The molecule has 9 nitrogen and oxygen atoms in total. The minimum absolute atomic E-state index is 0.0685. The summed E-state index contributed by atoms with van der Waals surface area (Å²) in [7, 11) is 0. The van der Waals surface area contributed by atoms with Gasteiger partial charge < -0.3 is 14.8 Å². The molecule has 0 aliphatic carbocycles. The van der Waals surface area contributed by atoms with Crippen LogP contribution in [0, 0.1) is 12.0 Å². The van der Waals surface area contributed by atoms with E-state index in [2.05, 4.69) is 20.3 Å². The normalized spacial score (nSPS) is 21.4. The number of halogens is 1. The fourth-order valence-electron chi connectivity index (χ4n) is 4.41. The molecule has 0 bridgehead atoms. The van der Waals surface area contributed by atoms with Crippen molar-refractivity contribution in [1.29, 1.82) is 0 Å². The Balaban J connectivity index is 1.49. The second-order valence-corrected chi connectivity index (χ2v) is 8.55. The predicted molar refractivity (Wildman–Crippen MR) is 129 cm³/mol. The van der Waals surface area contributed by atoms with Crippen molar-refractivity contribution in [3.8, 4) is 0 Å². The summed E-state index contributed by atoms with van der Waals surface area (Å²) in [5.41, 5.74) is 1.10. The number of fused-ring (bicyclic) bond motifs is 1. The molecule has 1 amide bonds. The molecule has 4 atom stereocenters. The minimum atomic E-state index is -1.04. The quantitative estimate of drug-likeness (QED) is 0.316. The summed E-state index contributed by atoms with van der Waals surface area (Å²) in [4.78, 5) is 37.5. The lowest BCUT2D eigenvalue weighted by Crippen LogP contribution is -2.30. The lowest BCUT2D eigenvalue weighted by Gasteiger charge is -2.22. The fraction of sp³-hybridized carbons (Fsp3) is 0.269. The summed E-state index contributed by atoms with van der Waals surface area (Å²) < 4.78 is 28.1. The molecule has 0 saturated carbocycles. The van der Waals surface area contributed by atoms with Crippen LogP contribution in [-0.2, 0) is 9.47 Å². The van der Waals surface area contributed by atoms with Crippen molar-refractivity contribution >= 4 is 28.9 Å². The van der Waals surface area contributed by atoms with Gasteiger partial charge in [0.2, 0.25) is 0 Å². The molecular weight excluding hydrogens is 465 g/mol. The Morgan fingerprint density at radius 1 is 1.06 bits per heavy atom. The zero-order valence-electron chi connectivity index (χ0n) is 19.7. The van der Waals surface area contributed by atoms with E-state index >= 15 is 0 Å². The monoisotopic (exact) mass is 489 g/mol. The van der Waals surface area contributed by atoms with Crippen LogP contribution < -0.4 is 5.32 Å². The van der Waals surface area contributed by atoms with Crippen LogP contribution in [0.4, 0.5) is 10.2 Å². The first-order chi connectivity index (χ1) is 17.5. The first kappa shape index (κ1) is 23.6. The van der Waals surface area contributed by atoms with Crippen LogP contribution in [0.25, 0.3) is 11.2 Å². The van der Waals surface area contributed by atoms with Gasteiger partial charge in [-0.1, -0.05) is 50.2 Å². The zero-order valence-corrected chi connectivity index (χ0v) is 19.7. The molecule has 0 unspecified atom stereocenters. The Bertz CT molecular complexity index is 1400. The number of aromatic nitrogens is 4. The third kappa shape index (κ3) is 4.42. The molecule has 1 aliphatic rings. The molecule has 2 aromatic carbocycles. The van der Waals surface area contributed by atoms with Gasteiger partial charge in [-0.2, -0.15) is 14.4 Å². The molecule has 2 aromatic heterocycles. The third-order valence-corrected chi connectivity index (χ3v) is 6.29. The highest BCUT2D eigenvalue weighted by atomic mass is 19.1. The average Bonchev–Trinajstić information content (AvgIpc) is 3.45. The number of carbonyl (C=O) groups is 2. The molecule has 1 fully saturated rings. The fourth-order valence-corrected chi connectivity index (χ4v) is 4.41. The van der Waals surface area contributed by atoms with Crippen molar-refractivity contribution in [3.05, 3.63) is 84.2 Å². The van der Waals surface area contributed by atoms with Gasteiger partial charge in [-0.25, -0.2) is 9.78 Å². The number of benzene rings is 2. The van der Waals surface area contributed by atoms with E-state index in [1.807, 2.05) is 19.9 Å². The molecule has 1 saturated heterocycles. The number of esters is 1. The van der Waals surface area contributed by atoms with Gasteiger partial charge in [0, 0.05) is 11.5 Å². The standard InChI is InChI=1S/C26H24FN5O4/c1-3-18-15(2)20(36-25(34)17-12-8-5-9-13-17)24(35-18)32-14-28-19-21(30-26(27)31-22(19)32)29-23(33)16-10-6-4-7-11-16/h4-15,18,20,24H,3H2,1-2H3,(H,29,30,31,33)/t15-,18-,20-,24-/m1/s1. The van der Waals surface area contributed by atoms with E-state index < -0.39 is 30.3 Å². The second kappa shape index (κ2) is 9.82. The summed E-state index contributed by atoms with van der Waals surface area (Å²) >= 11 is 0. The molecule has 0 radical (unpaired) electrons. The zero-order chi connectivity index (χ0) is 25.2. The van der Waals surface area contributed by atoms with E-state index in [-0.39, 0.29) is 29.0 Å². The molecule has 1 aliphatic heterocycles. The number of hydrogen-bond acceptors (Lipinski definition) is 7. The van der Waals surface area contributed by atoms with E-state index in [1.165, 1.54) is 10.9 Å². The maximum absolute atomic E-state index is 14.5. The van der Waals surface area contributed by atoms with Crippen LogP contribution >= 0.6 is 0 Å². The number of rotatable bonds is 6. The number of imidazole rings is 1. The Labute approximate surface area is 206 Å². The Kier molecular flexibility index (Phi) is 6.43. The van der Waals surface area contributed by atoms with Crippen LogP contribution in [0.5, 0.6) is 0 Å². The van der Waals surface area contributed by atoms with Crippen LogP contribution in [-0.4, -0.2) is 43.6 Å².